The zero-order chi connectivity index (χ0) is 9.94. The third-order valence-electron chi connectivity index (χ3n) is 1.72. The van der Waals surface area contributed by atoms with Crippen molar-refractivity contribution >= 4 is 24.3 Å². The van der Waals surface area contributed by atoms with Gasteiger partial charge in [0, 0.05) is 11.5 Å². The number of rotatable bonds is 9. The van der Waals surface area contributed by atoms with Crippen LogP contribution in [0.2, 0.25) is 0 Å². The van der Waals surface area contributed by atoms with Crippen LogP contribution in [-0.4, -0.2) is 23.0 Å². The summed E-state index contributed by atoms with van der Waals surface area (Å²) in [5, 5.41) is 1.06. The zero-order valence-corrected chi connectivity index (χ0v) is 10.8. The maximum absolute atomic E-state index is 9.41. The van der Waals surface area contributed by atoms with Crippen molar-refractivity contribution in [1.82, 2.24) is 0 Å². The molecule has 0 saturated heterocycles. The van der Waals surface area contributed by atoms with Crippen LogP contribution in [0.4, 0.5) is 0 Å². The third-order valence-corrected chi connectivity index (χ3v) is 3.46. The van der Waals surface area contributed by atoms with Gasteiger partial charge in [-0.3, -0.25) is 0 Å². The molecule has 0 rings (SSSR count). The van der Waals surface area contributed by atoms with E-state index in [-0.39, 0.29) is 0 Å². The van der Waals surface area contributed by atoms with Crippen molar-refractivity contribution in [2.24, 2.45) is 0 Å². The normalized spacial score (nSPS) is 13.2. The summed E-state index contributed by atoms with van der Waals surface area (Å²) in [6.45, 7) is 2.84. The molecule has 0 amide bonds. The third kappa shape index (κ3) is 10.8. The monoisotopic (exact) mass is 270 g/mol. The topological polar surface area (TPSA) is 29.5 Å². The number of hydrogen-bond acceptors (Lipinski definition) is 2. The van der Waals surface area contributed by atoms with Crippen molar-refractivity contribution in [3.63, 3.8) is 0 Å². The summed E-state index contributed by atoms with van der Waals surface area (Å²) >= 11 is 3.38. The van der Waals surface area contributed by atoms with Crippen molar-refractivity contribution in [3.05, 3.63) is 0 Å². The van der Waals surface area contributed by atoms with E-state index in [1.807, 2.05) is 0 Å². The lowest BCUT2D eigenvalue weighted by atomic mass is 10.3. The van der Waals surface area contributed by atoms with Crippen LogP contribution in [0.3, 0.4) is 0 Å². The van der Waals surface area contributed by atoms with Crippen molar-refractivity contribution in [2.45, 2.75) is 39.0 Å². The molecule has 4 heteroatoms. The van der Waals surface area contributed by atoms with Crippen LogP contribution in [0.25, 0.3) is 0 Å². The predicted octanol–water partition coefficient (Wildman–Crippen LogP) is 3.67. The lowest BCUT2D eigenvalue weighted by Crippen LogP contribution is -1.92. The number of unbranched alkanes of at least 4 members (excludes halogenated alkanes) is 3. The van der Waals surface area contributed by atoms with Gasteiger partial charge in [0.1, 0.15) is 0 Å². The molecule has 0 aliphatic rings. The lowest BCUT2D eigenvalue weighted by molar-refractivity contribution is 0.302. The molecule has 2 nitrogen and oxygen atoms in total. The molecule has 0 fully saturated rings. The minimum atomic E-state index is -1.12. The van der Waals surface area contributed by atoms with E-state index in [0.29, 0.717) is 0 Å². The average Bonchev–Trinajstić information content (AvgIpc) is 2.13. The Morgan fingerprint density at radius 1 is 1.23 bits per heavy atom. The van der Waals surface area contributed by atoms with Gasteiger partial charge in [0.05, 0.1) is 6.61 Å². The summed E-state index contributed by atoms with van der Waals surface area (Å²) in [5.74, 6) is 0. The van der Waals surface area contributed by atoms with Gasteiger partial charge in [0.25, 0.3) is 0 Å². The lowest BCUT2D eigenvalue weighted by Gasteiger charge is -2.09. The molecule has 0 bridgehead atoms. The standard InChI is InChI=1S/C9H20BrO2P/c1-2-3-8-12-13(11)9-6-4-5-7-10/h11H,2-9H2,1H3. The Labute approximate surface area is 91.1 Å². The van der Waals surface area contributed by atoms with Gasteiger partial charge < -0.3 is 9.42 Å². The summed E-state index contributed by atoms with van der Waals surface area (Å²) in [7, 11) is -1.12. The molecule has 1 unspecified atom stereocenters. The number of hydrogen-bond donors (Lipinski definition) is 1. The minimum absolute atomic E-state index is 0.719. The summed E-state index contributed by atoms with van der Waals surface area (Å²) in [6.07, 6.45) is 6.49. The van der Waals surface area contributed by atoms with Gasteiger partial charge in [-0.1, -0.05) is 35.7 Å². The first kappa shape index (κ1) is 13.8. The highest BCUT2D eigenvalue weighted by atomic mass is 79.9. The first-order valence-corrected chi connectivity index (χ1v) is 7.48. The predicted molar refractivity (Wildman–Crippen MR) is 62.5 cm³/mol. The molecule has 1 atom stereocenters. The second kappa shape index (κ2) is 10.9. The Balaban J connectivity index is 3.05. The van der Waals surface area contributed by atoms with E-state index in [9.17, 15) is 4.89 Å². The van der Waals surface area contributed by atoms with Crippen molar-refractivity contribution in [2.75, 3.05) is 18.1 Å². The van der Waals surface area contributed by atoms with Crippen molar-refractivity contribution in [1.29, 1.82) is 0 Å². The molecule has 0 aromatic carbocycles. The van der Waals surface area contributed by atoms with Gasteiger partial charge in [-0.05, 0) is 19.3 Å². The fourth-order valence-electron chi connectivity index (χ4n) is 0.897. The molecular weight excluding hydrogens is 251 g/mol. The van der Waals surface area contributed by atoms with Gasteiger partial charge in [-0.2, -0.15) is 0 Å². The molecular formula is C9H20BrO2P. The van der Waals surface area contributed by atoms with Gasteiger partial charge >= 0.3 is 0 Å². The van der Waals surface area contributed by atoms with Gasteiger partial charge in [-0.15, -0.1) is 0 Å². The molecule has 80 valence electrons. The molecule has 0 aromatic rings. The summed E-state index contributed by atoms with van der Waals surface area (Å²) in [5.41, 5.74) is 0. The SMILES string of the molecule is CCCCOP(O)CCCCCBr. The van der Waals surface area contributed by atoms with E-state index in [1.54, 1.807) is 0 Å². The van der Waals surface area contributed by atoms with E-state index in [4.69, 9.17) is 4.52 Å². The van der Waals surface area contributed by atoms with Crippen molar-refractivity contribution < 1.29 is 9.42 Å². The van der Waals surface area contributed by atoms with Crippen LogP contribution in [0.1, 0.15) is 39.0 Å². The Morgan fingerprint density at radius 3 is 2.62 bits per heavy atom. The smallest absolute Gasteiger partial charge is 0.167 e. The molecule has 1 N–H and O–H groups in total. The highest BCUT2D eigenvalue weighted by Gasteiger charge is 2.03. The van der Waals surface area contributed by atoms with E-state index < -0.39 is 8.38 Å². The second-order valence-corrected chi connectivity index (χ2v) is 5.21. The molecule has 0 spiro atoms. The molecule has 0 aliphatic carbocycles. The van der Waals surface area contributed by atoms with Gasteiger partial charge in [-0.25, -0.2) is 0 Å². The van der Waals surface area contributed by atoms with E-state index in [2.05, 4.69) is 22.9 Å². The van der Waals surface area contributed by atoms with Crippen LogP contribution in [-0.2, 0) is 4.52 Å². The summed E-state index contributed by atoms with van der Waals surface area (Å²) in [6, 6.07) is 0. The summed E-state index contributed by atoms with van der Waals surface area (Å²) in [4.78, 5) is 9.41. The maximum atomic E-state index is 9.41. The number of halogens is 1. The Hall–Kier alpha value is 0.830. The van der Waals surface area contributed by atoms with Gasteiger partial charge in [0.15, 0.2) is 8.38 Å². The minimum Gasteiger partial charge on any atom is -0.350 e. The molecule has 0 aliphatic heterocycles. The van der Waals surface area contributed by atoms with Crippen LogP contribution >= 0.6 is 24.3 Å². The zero-order valence-electron chi connectivity index (χ0n) is 8.34. The van der Waals surface area contributed by atoms with Crippen LogP contribution in [0, 0.1) is 0 Å². The van der Waals surface area contributed by atoms with Crippen LogP contribution in [0.15, 0.2) is 0 Å². The van der Waals surface area contributed by atoms with Gasteiger partial charge in [0.2, 0.25) is 0 Å². The largest absolute Gasteiger partial charge is 0.350 e. The average molecular weight is 271 g/mol. The number of alkyl halides is 1. The highest BCUT2D eigenvalue weighted by Crippen LogP contribution is 2.32. The molecule has 0 radical (unpaired) electrons. The highest BCUT2D eigenvalue weighted by molar-refractivity contribution is 9.09. The molecule has 0 heterocycles. The van der Waals surface area contributed by atoms with E-state index in [1.165, 1.54) is 12.8 Å². The first-order valence-electron chi connectivity index (χ1n) is 4.96. The van der Waals surface area contributed by atoms with E-state index in [0.717, 1.165) is 37.4 Å². The molecule has 0 aromatic heterocycles. The fourth-order valence-corrected chi connectivity index (χ4v) is 2.26. The van der Waals surface area contributed by atoms with Crippen LogP contribution in [0.5, 0.6) is 0 Å². The fraction of sp³-hybridized carbons (Fsp3) is 1.00. The van der Waals surface area contributed by atoms with Crippen molar-refractivity contribution in [3.8, 4) is 0 Å². The Morgan fingerprint density at radius 2 is 2.00 bits per heavy atom. The summed E-state index contributed by atoms with van der Waals surface area (Å²) < 4.78 is 5.27. The van der Waals surface area contributed by atoms with E-state index >= 15 is 0 Å². The molecule has 0 saturated carbocycles. The quantitative estimate of drug-likeness (QED) is 0.394. The second-order valence-electron chi connectivity index (χ2n) is 3.01. The molecule has 13 heavy (non-hydrogen) atoms. The Bertz CT molecular complexity index is 104. The van der Waals surface area contributed by atoms with Crippen LogP contribution < -0.4 is 0 Å². The maximum Gasteiger partial charge on any atom is 0.167 e. The Kier molecular flexibility index (Phi) is 11.6. The first-order chi connectivity index (χ1) is 6.31.